The van der Waals surface area contributed by atoms with Crippen LogP contribution in [0.5, 0.6) is 0 Å². The van der Waals surface area contributed by atoms with Crippen LogP contribution in [0.3, 0.4) is 0 Å². The first-order valence-corrected chi connectivity index (χ1v) is 5.98. The summed E-state index contributed by atoms with van der Waals surface area (Å²) in [5.74, 6) is 0.0768. The Bertz CT molecular complexity index is 622. The number of benzene rings is 1. The highest BCUT2D eigenvalue weighted by molar-refractivity contribution is 9.10. The molecule has 4 nitrogen and oxygen atoms in total. The first-order chi connectivity index (χ1) is 8.54. The van der Waals surface area contributed by atoms with Gasteiger partial charge in [-0.25, -0.2) is 4.39 Å². The van der Waals surface area contributed by atoms with Crippen LogP contribution in [0.1, 0.15) is 11.3 Å². The maximum absolute atomic E-state index is 13.7. The molecule has 18 heavy (non-hydrogen) atoms. The number of para-hydroxylation sites is 1. The average Bonchev–Trinajstić information content (AvgIpc) is 2.58. The minimum atomic E-state index is -0.396. The molecule has 0 fully saturated rings. The normalized spacial score (nSPS) is 10.2. The Balaban J connectivity index is 2.50. The lowest BCUT2D eigenvalue weighted by molar-refractivity contribution is 0.630. The number of aryl methyl sites for hydroxylation is 2. The molecule has 0 aliphatic rings. The Morgan fingerprint density at radius 2 is 2.22 bits per heavy atom. The number of aromatic nitrogens is 2. The number of rotatable bonds is 2. The van der Waals surface area contributed by atoms with Gasteiger partial charge in [-0.05, 0) is 35.0 Å². The fraction of sp³-hybridized carbons (Fsp3) is 0.167. The molecule has 0 spiro atoms. The van der Waals surface area contributed by atoms with Crippen LogP contribution >= 0.6 is 15.9 Å². The van der Waals surface area contributed by atoms with Gasteiger partial charge >= 0.3 is 0 Å². The van der Waals surface area contributed by atoms with Crippen LogP contribution in [-0.4, -0.2) is 9.78 Å². The Labute approximate surface area is 112 Å². The molecular formula is C12H10BrFN4. The third kappa shape index (κ3) is 2.09. The molecule has 1 aromatic heterocycles. The van der Waals surface area contributed by atoms with Crippen molar-refractivity contribution in [3.05, 3.63) is 39.7 Å². The molecule has 2 aromatic rings. The molecule has 0 saturated carbocycles. The van der Waals surface area contributed by atoms with Gasteiger partial charge in [-0.3, -0.25) is 4.68 Å². The number of halogens is 2. The summed E-state index contributed by atoms with van der Waals surface area (Å²) in [5.41, 5.74) is 1.31. The highest BCUT2D eigenvalue weighted by atomic mass is 79.9. The molecule has 0 bridgehead atoms. The fourth-order valence-corrected chi connectivity index (χ4v) is 2.11. The number of anilines is 2. The van der Waals surface area contributed by atoms with Gasteiger partial charge in [-0.2, -0.15) is 10.4 Å². The van der Waals surface area contributed by atoms with Crippen LogP contribution in [0, 0.1) is 24.1 Å². The zero-order valence-electron chi connectivity index (χ0n) is 9.83. The zero-order valence-corrected chi connectivity index (χ0v) is 11.4. The van der Waals surface area contributed by atoms with Crippen molar-refractivity contribution in [1.29, 1.82) is 5.26 Å². The van der Waals surface area contributed by atoms with Gasteiger partial charge in [-0.1, -0.05) is 6.07 Å². The smallest absolute Gasteiger partial charge is 0.147 e. The van der Waals surface area contributed by atoms with Crippen molar-refractivity contribution < 1.29 is 4.39 Å². The van der Waals surface area contributed by atoms with Crippen molar-refractivity contribution in [3.8, 4) is 6.07 Å². The van der Waals surface area contributed by atoms with Gasteiger partial charge in [-0.15, -0.1) is 0 Å². The third-order valence-electron chi connectivity index (χ3n) is 2.54. The van der Waals surface area contributed by atoms with E-state index < -0.39 is 5.82 Å². The van der Waals surface area contributed by atoms with Gasteiger partial charge in [0.25, 0.3) is 0 Å². The summed E-state index contributed by atoms with van der Waals surface area (Å²) in [5, 5.41) is 16.1. The summed E-state index contributed by atoms with van der Waals surface area (Å²) in [4.78, 5) is 0. The van der Waals surface area contributed by atoms with E-state index in [1.807, 2.05) is 0 Å². The van der Waals surface area contributed by atoms with Crippen molar-refractivity contribution in [2.75, 3.05) is 5.32 Å². The Morgan fingerprint density at radius 3 is 2.83 bits per heavy atom. The molecule has 1 N–H and O–H groups in total. The molecule has 6 heteroatoms. The highest BCUT2D eigenvalue weighted by Gasteiger charge is 2.15. The molecule has 0 atom stereocenters. The van der Waals surface area contributed by atoms with Crippen LogP contribution in [0.2, 0.25) is 0 Å². The molecule has 0 radical (unpaired) electrons. The minimum absolute atomic E-state index is 0.289. The Kier molecular flexibility index (Phi) is 3.34. The molecule has 0 unspecified atom stereocenters. The molecule has 0 amide bonds. The van der Waals surface area contributed by atoms with Crippen LogP contribution in [0.15, 0.2) is 22.7 Å². The summed E-state index contributed by atoms with van der Waals surface area (Å²) < 4.78 is 15.8. The van der Waals surface area contributed by atoms with Crippen LogP contribution in [0.25, 0.3) is 0 Å². The summed E-state index contributed by atoms with van der Waals surface area (Å²) >= 11 is 3.27. The second kappa shape index (κ2) is 4.78. The number of hydrogen-bond acceptors (Lipinski definition) is 3. The lowest BCUT2D eigenvalue weighted by Crippen LogP contribution is -2.02. The topological polar surface area (TPSA) is 53.6 Å². The van der Waals surface area contributed by atoms with Gasteiger partial charge in [0.05, 0.1) is 11.4 Å². The molecule has 92 valence electrons. The Morgan fingerprint density at radius 1 is 1.50 bits per heavy atom. The van der Waals surface area contributed by atoms with E-state index in [1.165, 1.54) is 10.7 Å². The van der Waals surface area contributed by atoms with E-state index in [9.17, 15) is 4.39 Å². The standard InChI is InChI=1S/C12H10BrFN4/c1-7-8(6-15)12(18(2)17-7)16-11-9(13)4-3-5-10(11)14/h3-5,16H,1-2H3. The summed E-state index contributed by atoms with van der Waals surface area (Å²) in [6, 6.07) is 6.73. The zero-order chi connectivity index (χ0) is 13.3. The minimum Gasteiger partial charge on any atom is -0.336 e. The van der Waals surface area contributed by atoms with Crippen molar-refractivity contribution in [3.63, 3.8) is 0 Å². The quantitative estimate of drug-likeness (QED) is 0.926. The van der Waals surface area contributed by atoms with E-state index in [-0.39, 0.29) is 5.69 Å². The van der Waals surface area contributed by atoms with Crippen LogP contribution in [0.4, 0.5) is 15.9 Å². The number of nitriles is 1. The first-order valence-electron chi connectivity index (χ1n) is 5.19. The van der Waals surface area contributed by atoms with Gasteiger partial charge in [0, 0.05) is 11.5 Å². The molecular weight excluding hydrogens is 299 g/mol. The van der Waals surface area contributed by atoms with Gasteiger partial charge in [0.2, 0.25) is 0 Å². The molecule has 0 aliphatic carbocycles. The Hall–Kier alpha value is -1.87. The predicted molar refractivity (Wildman–Crippen MR) is 70.0 cm³/mol. The maximum Gasteiger partial charge on any atom is 0.147 e. The van der Waals surface area contributed by atoms with E-state index in [0.29, 0.717) is 21.5 Å². The number of nitrogens with zero attached hydrogens (tertiary/aromatic N) is 3. The van der Waals surface area contributed by atoms with Crippen molar-refractivity contribution in [2.45, 2.75) is 6.92 Å². The molecule has 1 aromatic carbocycles. The molecule has 0 aliphatic heterocycles. The maximum atomic E-state index is 13.7. The molecule has 2 rings (SSSR count). The van der Waals surface area contributed by atoms with E-state index in [2.05, 4.69) is 32.4 Å². The second-order valence-electron chi connectivity index (χ2n) is 3.77. The number of hydrogen-bond donors (Lipinski definition) is 1. The SMILES string of the molecule is Cc1nn(C)c(Nc2c(F)cccc2Br)c1C#N. The molecule has 1 heterocycles. The summed E-state index contributed by atoms with van der Waals surface area (Å²) in [6.45, 7) is 1.74. The van der Waals surface area contributed by atoms with E-state index in [1.54, 1.807) is 26.1 Å². The summed E-state index contributed by atoms with van der Waals surface area (Å²) in [7, 11) is 1.70. The molecule has 0 saturated heterocycles. The van der Waals surface area contributed by atoms with Crippen LogP contribution < -0.4 is 5.32 Å². The van der Waals surface area contributed by atoms with Crippen LogP contribution in [-0.2, 0) is 7.05 Å². The first kappa shape index (κ1) is 12.6. The predicted octanol–water partition coefficient (Wildman–Crippen LogP) is 3.25. The van der Waals surface area contributed by atoms with E-state index >= 15 is 0 Å². The largest absolute Gasteiger partial charge is 0.336 e. The van der Waals surface area contributed by atoms with E-state index in [4.69, 9.17) is 5.26 Å². The van der Waals surface area contributed by atoms with Gasteiger partial charge < -0.3 is 5.32 Å². The van der Waals surface area contributed by atoms with Crippen molar-refractivity contribution >= 4 is 27.4 Å². The van der Waals surface area contributed by atoms with Gasteiger partial charge in [0.1, 0.15) is 23.3 Å². The third-order valence-corrected chi connectivity index (χ3v) is 3.20. The van der Waals surface area contributed by atoms with Crippen molar-refractivity contribution in [2.24, 2.45) is 7.05 Å². The lowest BCUT2D eigenvalue weighted by atomic mass is 10.2. The van der Waals surface area contributed by atoms with E-state index in [0.717, 1.165) is 0 Å². The summed E-state index contributed by atoms with van der Waals surface area (Å²) in [6.07, 6.45) is 0. The monoisotopic (exact) mass is 308 g/mol. The van der Waals surface area contributed by atoms with Gasteiger partial charge in [0.15, 0.2) is 0 Å². The number of nitrogens with one attached hydrogen (secondary N) is 1. The average molecular weight is 309 g/mol. The fourth-order valence-electron chi connectivity index (χ4n) is 1.67. The highest BCUT2D eigenvalue weighted by Crippen LogP contribution is 2.30. The second-order valence-corrected chi connectivity index (χ2v) is 4.62. The lowest BCUT2D eigenvalue weighted by Gasteiger charge is -2.10. The van der Waals surface area contributed by atoms with Crippen molar-refractivity contribution in [1.82, 2.24) is 9.78 Å².